The fourth-order valence-corrected chi connectivity index (χ4v) is 3.99. The lowest BCUT2D eigenvalue weighted by atomic mass is 10.2. The van der Waals surface area contributed by atoms with Gasteiger partial charge in [-0.05, 0) is 30.7 Å². The van der Waals surface area contributed by atoms with Gasteiger partial charge in [0.1, 0.15) is 16.5 Å². The third-order valence-corrected chi connectivity index (χ3v) is 5.65. The molecule has 1 aliphatic rings. The molecule has 0 aliphatic heterocycles. The van der Waals surface area contributed by atoms with Crippen molar-refractivity contribution < 1.29 is 27.3 Å². The van der Waals surface area contributed by atoms with Gasteiger partial charge in [-0.1, -0.05) is 16.5 Å². The Morgan fingerprint density at radius 2 is 2.00 bits per heavy atom. The standard InChI is InChI=1S/C19H16F3N5O3S/c20-9-1-3-10(4-2-9)25-18-26-16(23)15(31-18)14(28)13-7-12(27-30-13)17(29)24-11-5-6-19(21,22)8-11/h1-4,7,11H,5-6,8,23H2,(H,24,29)(H,25,26). The van der Waals surface area contributed by atoms with Crippen LogP contribution in [0.1, 0.15) is 45.2 Å². The number of halogens is 3. The molecule has 162 valence electrons. The highest BCUT2D eigenvalue weighted by atomic mass is 32.1. The topological polar surface area (TPSA) is 123 Å². The Balaban J connectivity index is 1.44. The first-order chi connectivity index (χ1) is 14.7. The molecule has 0 saturated heterocycles. The molecule has 1 aliphatic carbocycles. The number of thiazole rings is 1. The SMILES string of the molecule is Nc1nc(Nc2ccc(F)cc2)sc1C(=O)c1cc(C(=O)NC2CCC(F)(F)C2)no1. The lowest BCUT2D eigenvalue weighted by Crippen LogP contribution is -2.34. The third kappa shape index (κ3) is 4.68. The molecule has 2 heterocycles. The van der Waals surface area contributed by atoms with Crippen molar-refractivity contribution in [1.29, 1.82) is 0 Å². The summed E-state index contributed by atoms with van der Waals surface area (Å²) in [4.78, 5) is 29.0. The molecule has 3 aromatic rings. The van der Waals surface area contributed by atoms with Crippen LogP contribution in [0.15, 0.2) is 34.9 Å². The van der Waals surface area contributed by atoms with E-state index < -0.39 is 35.9 Å². The van der Waals surface area contributed by atoms with E-state index in [1.807, 2.05) is 0 Å². The molecular formula is C19H16F3N5O3S. The fourth-order valence-electron chi connectivity index (χ4n) is 3.14. The highest BCUT2D eigenvalue weighted by molar-refractivity contribution is 7.18. The van der Waals surface area contributed by atoms with Gasteiger partial charge < -0.3 is 20.9 Å². The van der Waals surface area contributed by atoms with Gasteiger partial charge in [0.05, 0.1) is 0 Å². The van der Waals surface area contributed by atoms with Gasteiger partial charge in [-0.2, -0.15) is 0 Å². The second-order valence-electron chi connectivity index (χ2n) is 7.04. The number of nitrogen functional groups attached to an aromatic ring is 1. The molecule has 0 radical (unpaired) electrons. The number of benzene rings is 1. The van der Waals surface area contributed by atoms with Crippen molar-refractivity contribution in [3.63, 3.8) is 0 Å². The summed E-state index contributed by atoms with van der Waals surface area (Å²) >= 11 is 0.943. The molecule has 4 rings (SSSR count). The maximum absolute atomic E-state index is 13.3. The Hall–Kier alpha value is -3.41. The number of carbonyl (C=O) groups is 2. The van der Waals surface area contributed by atoms with Gasteiger partial charge in [0.25, 0.3) is 5.91 Å². The molecule has 1 unspecified atom stereocenters. The molecule has 31 heavy (non-hydrogen) atoms. The first-order valence-electron chi connectivity index (χ1n) is 9.19. The van der Waals surface area contributed by atoms with Crippen LogP contribution < -0.4 is 16.4 Å². The van der Waals surface area contributed by atoms with E-state index >= 15 is 0 Å². The Bertz CT molecular complexity index is 1130. The van der Waals surface area contributed by atoms with Crippen molar-refractivity contribution in [3.8, 4) is 0 Å². The summed E-state index contributed by atoms with van der Waals surface area (Å²) in [6.07, 6.45) is -0.577. The minimum Gasteiger partial charge on any atom is -0.382 e. The average Bonchev–Trinajstić information content (AvgIpc) is 3.42. The van der Waals surface area contributed by atoms with Gasteiger partial charge in [0, 0.05) is 30.6 Å². The van der Waals surface area contributed by atoms with Crippen LogP contribution in [-0.4, -0.2) is 33.8 Å². The largest absolute Gasteiger partial charge is 0.382 e. The van der Waals surface area contributed by atoms with E-state index in [4.69, 9.17) is 10.3 Å². The number of amides is 1. The zero-order valence-electron chi connectivity index (χ0n) is 15.8. The second kappa shape index (κ2) is 8.02. The van der Waals surface area contributed by atoms with Crippen molar-refractivity contribution in [2.24, 2.45) is 0 Å². The maximum atomic E-state index is 13.3. The number of hydrogen-bond donors (Lipinski definition) is 3. The Morgan fingerprint density at radius 3 is 2.68 bits per heavy atom. The van der Waals surface area contributed by atoms with Crippen molar-refractivity contribution in [2.75, 3.05) is 11.1 Å². The summed E-state index contributed by atoms with van der Waals surface area (Å²) < 4.78 is 44.5. The summed E-state index contributed by atoms with van der Waals surface area (Å²) in [5, 5.41) is 9.22. The first-order valence-corrected chi connectivity index (χ1v) is 10.0. The van der Waals surface area contributed by atoms with E-state index in [0.29, 0.717) is 10.8 Å². The summed E-state index contributed by atoms with van der Waals surface area (Å²) in [5.41, 5.74) is 6.17. The number of nitrogens with two attached hydrogens (primary N) is 1. The molecular weight excluding hydrogens is 435 g/mol. The normalized spacial score (nSPS) is 17.5. The molecule has 1 atom stereocenters. The zero-order valence-corrected chi connectivity index (χ0v) is 16.6. The zero-order chi connectivity index (χ0) is 22.2. The van der Waals surface area contributed by atoms with Crippen LogP contribution in [0.4, 0.5) is 29.8 Å². The summed E-state index contributed by atoms with van der Waals surface area (Å²) in [6.45, 7) is 0. The van der Waals surface area contributed by atoms with Crippen LogP contribution in [0.5, 0.6) is 0 Å². The van der Waals surface area contributed by atoms with Crippen LogP contribution in [-0.2, 0) is 0 Å². The van der Waals surface area contributed by atoms with E-state index in [1.54, 1.807) is 0 Å². The number of carbonyl (C=O) groups excluding carboxylic acids is 2. The van der Waals surface area contributed by atoms with Crippen molar-refractivity contribution >= 4 is 39.7 Å². The molecule has 1 aromatic carbocycles. The molecule has 0 spiro atoms. The third-order valence-electron chi connectivity index (χ3n) is 4.66. The number of rotatable bonds is 6. The van der Waals surface area contributed by atoms with E-state index in [9.17, 15) is 22.8 Å². The van der Waals surface area contributed by atoms with Gasteiger partial charge in [0.15, 0.2) is 10.8 Å². The van der Waals surface area contributed by atoms with Crippen LogP contribution in [0, 0.1) is 5.82 Å². The molecule has 8 nitrogen and oxygen atoms in total. The molecule has 1 fully saturated rings. The predicted octanol–water partition coefficient (Wildman–Crippen LogP) is 3.74. The van der Waals surface area contributed by atoms with E-state index in [2.05, 4.69) is 20.8 Å². The molecule has 1 amide bonds. The Morgan fingerprint density at radius 1 is 1.26 bits per heavy atom. The van der Waals surface area contributed by atoms with Gasteiger partial charge in [0.2, 0.25) is 17.5 Å². The van der Waals surface area contributed by atoms with Crippen molar-refractivity contribution in [1.82, 2.24) is 15.5 Å². The maximum Gasteiger partial charge on any atom is 0.273 e. The molecule has 1 saturated carbocycles. The lowest BCUT2D eigenvalue weighted by Gasteiger charge is -2.11. The predicted molar refractivity (Wildman–Crippen MR) is 106 cm³/mol. The number of ketones is 1. The first kappa shape index (κ1) is 20.8. The summed E-state index contributed by atoms with van der Waals surface area (Å²) in [5.74, 6) is -4.85. The van der Waals surface area contributed by atoms with Gasteiger partial charge >= 0.3 is 0 Å². The monoisotopic (exact) mass is 451 g/mol. The van der Waals surface area contributed by atoms with Gasteiger partial charge in [-0.3, -0.25) is 9.59 Å². The minimum absolute atomic E-state index is 0.0585. The second-order valence-corrected chi connectivity index (χ2v) is 8.04. The van der Waals surface area contributed by atoms with Gasteiger partial charge in [-0.25, -0.2) is 18.2 Å². The smallest absolute Gasteiger partial charge is 0.273 e. The highest BCUT2D eigenvalue weighted by Gasteiger charge is 2.40. The van der Waals surface area contributed by atoms with Crippen LogP contribution in [0.3, 0.4) is 0 Å². The Labute approximate surface area is 177 Å². The molecule has 2 aromatic heterocycles. The lowest BCUT2D eigenvalue weighted by molar-refractivity contribution is 0.00709. The van der Waals surface area contributed by atoms with Crippen molar-refractivity contribution in [3.05, 3.63) is 52.5 Å². The molecule has 12 heteroatoms. The highest BCUT2D eigenvalue weighted by Crippen LogP contribution is 2.35. The number of nitrogens with zero attached hydrogens (tertiary/aromatic N) is 2. The number of aromatic nitrogens is 2. The summed E-state index contributed by atoms with van der Waals surface area (Å²) in [7, 11) is 0. The number of anilines is 3. The van der Waals surface area contributed by atoms with Crippen LogP contribution in [0.25, 0.3) is 0 Å². The minimum atomic E-state index is -2.80. The number of nitrogens with one attached hydrogen (secondary N) is 2. The van der Waals surface area contributed by atoms with Crippen LogP contribution >= 0.6 is 11.3 Å². The van der Waals surface area contributed by atoms with Crippen molar-refractivity contribution in [2.45, 2.75) is 31.2 Å². The quantitative estimate of drug-likeness (QED) is 0.488. The summed E-state index contributed by atoms with van der Waals surface area (Å²) in [6, 6.07) is 5.97. The molecule has 4 N–H and O–H groups in total. The number of hydrogen-bond acceptors (Lipinski definition) is 8. The van der Waals surface area contributed by atoms with Gasteiger partial charge in [-0.15, -0.1) is 0 Å². The van der Waals surface area contributed by atoms with Crippen LogP contribution in [0.2, 0.25) is 0 Å². The van der Waals surface area contributed by atoms with E-state index in [0.717, 1.165) is 17.4 Å². The number of alkyl halides is 2. The average molecular weight is 451 g/mol. The Kier molecular flexibility index (Phi) is 5.39. The van der Waals surface area contributed by atoms with E-state index in [1.165, 1.54) is 24.3 Å². The fraction of sp³-hybridized carbons (Fsp3) is 0.263. The molecule has 0 bridgehead atoms. The van der Waals surface area contributed by atoms with E-state index in [-0.39, 0.29) is 35.0 Å².